The molecule has 0 saturated carbocycles. The monoisotopic (exact) mass is 444 g/mol. The molecule has 2 amide bonds. The van der Waals surface area contributed by atoms with Crippen molar-refractivity contribution in [2.45, 2.75) is 13.0 Å². The number of para-hydroxylation sites is 3. The second-order valence-corrected chi connectivity index (χ2v) is 8.48. The molecule has 0 aliphatic carbocycles. The normalized spacial score (nSPS) is 11.7. The summed E-state index contributed by atoms with van der Waals surface area (Å²) in [6, 6.07) is 24.2. The first kappa shape index (κ1) is 21.5. The van der Waals surface area contributed by atoms with Crippen LogP contribution in [-0.2, 0) is 4.79 Å². The van der Waals surface area contributed by atoms with E-state index < -0.39 is 0 Å². The molecule has 0 unspecified atom stereocenters. The molecule has 6 nitrogen and oxygen atoms in total. The number of hydrogen-bond donors (Lipinski definition) is 2. The lowest BCUT2D eigenvalue weighted by Crippen LogP contribution is -2.34. The Bertz CT molecular complexity index is 1210. The van der Waals surface area contributed by atoms with Crippen LogP contribution in [0.4, 0.5) is 11.4 Å². The summed E-state index contributed by atoms with van der Waals surface area (Å²) in [4.78, 5) is 31.9. The van der Waals surface area contributed by atoms with Crippen molar-refractivity contribution < 1.29 is 9.59 Å². The third kappa shape index (κ3) is 4.78. The summed E-state index contributed by atoms with van der Waals surface area (Å²) >= 11 is 1.59. The minimum atomic E-state index is -0.233. The Balaban J connectivity index is 1.41. The number of hydrogen-bond acceptors (Lipinski definition) is 5. The molecule has 0 spiro atoms. The van der Waals surface area contributed by atoms with E-state index in [0.717, 1.165) is 15.2 Å². The highest BCUT2D eigenvalue weighted by Gasteiger charge is 2.21. The zero-order chi connectivity index (χ0) is 22.5. The van der Waals surface area contributed by atoms with Crippen LogP contribution in [0.5, 0.6) is 0 Å². The van der Waals surface area contributed by atoms with Crippen LogP contribution in [0.2, 0.25) is 0 Å². The molecule has 4 rings (SSSR count). The summed E-state index contributed by atoms with van der Waals surface area (Å²) in [5, 5.41) is 6.90. The lowest BCUT2D eigenvalue weighted by molar-refractivity contribution is -0.129. The van der Waals surface area contributed by atoms with E-state index in [0.29, 0.717) is 16.9 Å². The highest BCUT2D eigenvalue weighted by Crippen LogP contribution is 2.29. The number of carbonyl (C=O) groups excluding carboxylic acids is 2. The molecular weight excluding hydrogens is 420 g/mol. The standard InChI is InChI=1S/C25H24N4O2S/c1-17(25-28-21-14-8-9-15-22(21)32-25)29(2)23(30)16-26-20-13-7-6-12-19(20)24(31)27-18-10-4-3-5-11-18/h3-15,17,26H,16H2,1-2H3,(H,27,31)/t17-/m0/s1. The van der Waals surface area contributed by atoms with Gasteiger partial charge >= 0.3 is 0 Å². The fourth-order valence-corrected chi connectivity index (χ4v) is 4.36. The molecule has 0 bridgehead atoms. The van der Waals surface area contributed by atoms with E-state index in [1.165, 1.54) is 0 Å². The van der Waals surface area contributed by atoms with Gasteiger partial charge in [0.15, 0.2) is 0 Å². The van der Waals surface area contributed by atoms with Gasteiger partial charge in [0.2, 0.25) is 5.91 Å². The molecule has 0 saturated heterocycles. The smallest absolute Gasteiger partial charge is 0.257 e. The molecule has 1 aromatic heterocycles. The predicted molar refractivity (Wildman–Crippen MR) is 130 cm³/mol. The first-order valence-electron chi connectivity index (χ1n) is 10.3. The largest absolute Gasteiger partial charge is 0.376 e. The second-order valence-electron chi connectivity index (χ2n) is 7.42. The van der Waals surface area contributed by atoms with E-state index in [1.807, 2.05) is 67.6 Å². The molecule has 32 heavy (non-hydrogen) atoms. The van der Waals surface area contributed by atoms with Gasteiger partial charge in [-0.15, -0.1) is 11.3 Å². The van der Waals surface area contributed by atoms with Crippen molar-refractivity contribution in [3.63, 3.8) is 0 Å². The number of amides is 2. The maximum Gasteiger partial charge on any atom is 0.257 e. The molecule has 0 aliphatic heterocycles. The van der Waals surface area contributed by atoms with Crippen molar-refractivity contribution in [2.75, 3.05) is 24.2 Å². The number of likely N-dealkylation sites (N-methyl/N-ethyl adjacent to an activating group) is 1. The maximum atomic E-state index is 12.9. The number of benzene rings is 3. The van der Waals surface area contributed by atoms with Gasteiger partial charge in [0.1, 0.15) is 5.01 Å². The highest BCUT2D eigenvalue weighted by molar-refractivity contribution is 7.18. The first-order valence-corrected chi connectivity index (χ1v) is 11.1. The predicted octanol–water partition coefficient (Wildman–Crippen LogP) is 5.18. The van der Waals surface area contributed by atoms with Gasteiger partial charge in [0.25, 0.3) is 5.91 Å². The maximum absolute atomic E-state index is 12.9. The summed E-state index contributed by atoms with van der Waals surface area (Å²) in [6.07, 6.45) is 0. The van der Waals surface area contributed by atoms with Gasteiger partial charge in [-0.3, -0.25) is 9.59 Å². The second kappa shape index (κ2) is 9.62. The average Bonchev–Trinajstić information content (AvgIpc) is 3.26. The first-order chi connectivity index (χ1) is 15.5. The van der Waals surface area contributed by atoms with Crippen molar-refractivity contribution in [3.05, 3.63) is 89.4 Å². The average molecular weight is 445 g/mol. The molecular formula is C25H24N4O2S. The Morgan fingerprint density at radius 1 is 0.969 bits per heavy atom. The number of nitrogens with zero attached hydrogens (tertiary/aromatic N) is 2. The number of carbonyl (C=O) groups is 2. The summed E-state index contributed by atoms with van der Waals surface area (Å²) in [5.74, 6) is -0.321. The molecule has 0 fully saturated rings. The quantitative estimate of drug-likeness (QED) is 0.412. The van der Waals surface area contributed by atoms with Crippen LogP contribution >= 0.6 is 11.3 Å². The molecule has 0 radical (unpaired) electrons. The Morgan fingerprint density at radius 2 is 1.66 bits per heavy atom. The fourth-order valence-electron chi connectivity index (χ4n) is 3.30. The van der Waals surface area contributed by atoms with Gasteiger partial charge in [-0.05, 0) is 43.3 Å². The van der Waals surface area contributed by atoms with Crippen LogP contribution < -0.4 is 10.6 Å². The van der Waals surface area contributed by atoms with Crippen LogP contribution in [0.1, 0.15) is 28.3 Å². The van der Waals surface area contributed by atoms with Gasteiger partial charge in [-0.2, -0.15) is 0 Å². The molecule has 7 heteroatoms. The van der Waals surface area contributed by atoms with Gasteiger partial charge in [-0.1, -0.05) is 42.5 Å². The molecule has 2 N–H and O–H groups in total. The summed E-state index contributed by atoms with van der Waals surface area (Å²) in [7, 11) is 1.77. The SMILES string of the molecule is C[C@@H](c1nc2ccccc2s1)N(C)C(=O)CNc1ccccc1C(=O)Nc1ccccc1. The number of rotatable bonds is 7. The van der Waals surface area contributed by atoms with E-state index >= 15 is 0 Å². The van der Waals surface area contributed by atoms with Crippen LogP contribution in [0.25, 0.3) is 10.2 Å². The van der Waals surface area contributed by atoms with Crippen molar-refractivity contribution in [1.82, 2.24) is 9.88 Å². The van der Waals surface area contributed by atoms with Crippen molar-refractivity contribution in [1.29, 1.82) is 0 Å². The number of anilines is 2. The molecule has 4 aromatic rings. The molecule has 3 aromatic carbocycles. The van der Waals surface area contributed by atoms with Crippen LogP contribution in [0, 0.1) is 0 Å². The van der Waals surface area contributed by atoms with Gasteiger partial charge in [-0.25, -0.2) is 4.98 Å². The summed E-state index contributed by atoms with van der Waals surface area (Å²) in [6.45, 7) is 2.04. The Kier molecular flexibility index (Phi) is 6.47. The molecule has 1 heterocycles. The Hall–Kier alpha value is -3.71. The Labute approximate surface area is 190 Å². The number of aromatic nitrogens is 1. The lowest BCUT2D eigenvalue weighted by Gasteiger charge is -2.24. The minimum Gasteiger partial charge on any atom is -0.376 e. The number of thiazole rings is 1. The molecule has 1 atom stereocenters. The Morgan fingerprint density at radius 3 is 2.44 bits per heavy atom. The molecule has 0 aliphatic rings. The van der Waals surface area contributed by atoms with E-state index in [4.69, 9.17) is 0 Å². The molecule has 162 valence electrons. The van der Waals surface area contributed by atoms with Gasteiger partial charge in [0.05, 0.1) is 28.4 Å². The van der Waals surface area contributed by atoms with Gasteiger partial charge < -0.3 is 15.5 Å². The fraction of sp³-hybridized carbons (Fsp3) is 0.160. The van der Waals surface area contributed by atoms with Crippen molar-refractivity contribution in [2.24, 2.45) is 0 Å². The van der Waals surface area contributed by atoms with E-state index in [9.17, 15) is 9.59 Å². The third-order valence-electron chi connectivity index (χ3n) is 5.28. The number of fused-ring (bicyclic) bond motifs is 1. The highest BCUT2D eigenvalue weighted by atomic mass is 32.1. The lowest BCUT2D eigenvalue weighted by atomic mass is 10.1. The van der Waals surface area contributed by atoms with Crippen LogP contribution in [0.15, 0.2) is 78.9 Å². The summed E-state index contributed by atoms with van der Waals surface area (Å²) < 4.78 is 1.10. The van der Waals surface area contributed by atoms with E-state index in [2.05, 4.69) is 15.6 Å². The van der Waals surface area contributed by atoms with Crippen LogP contribution in [-0.4, -0.2) is 35.3 Å². The summed E-state index contributed by atoms with van der Waals surface area (Å²) in [5.41, 5.74) is 2.74. The number of nitrogens with one attached hydrogen (secondary N) is 2. The van der Waals surface area contributed by atoms with E-state index in [1.54, 1.807) is 41.5 Å². The van der Waals surface area contributed by atoms with Gasteiger partial charge in [0, 0.05) is 18.4 Å². The van der Waals surface area contributed by atoms with Crippen molar-refractivity contribution in [3.8, 4) is 0 Å². The topological polar surface area (TPSA) is 74.3 Å². The van der Waals surface area contributed by atoms with Crippen LogP contribution in [0.3, 0.4) is 0 Å². The third-order valence-corrected chi connectivity index (χ3v) is 6.48. The van der Waals surface area contributed by atoms with Crippen molar-refractivity contribution >= 4 is 44.7 Å². The van der Waals surface area contributed by atoms with E-state index in [-0.39, 0.29) is 24.4 Å². The zero-order valence-corrected chi connectivity index (χ0v) is 18.7. The minimum absolute atomic E-state index is 0.0708. The zero-order valence-electron chi connectivity index (χ0n) is 17.9.